The first-order chi connectivity index (χ1) is 9.15. The van der Waals surface area contributed by atoms with Gasteiger partial charge in [-0.1, -0.05) is 48.0 Å². The van der Waals surface area contributed by atoms with Gasteiger partial charge < -0.3 is 10.6 Å². The van der Waals surface area contributed by atoms with Crippen LogP contribution in [0.4, 0.5) is 5.69 Å². The van der Waals surface area contributed by atoms with Gasteiger partial charge in [0.2, 0.25) is 0 Å². The van der Waals surface area contributed by atoms with Crippen LogP contribution in [0.3, 0.4) is 0 Å². The summed E-state index contributed by atoms with van der Waals surface area (Å²) in [5.74, 6) is 0. The normalized spacial score (nSPS) is 10.9. The molecule has 0 radical (unpaired) electrons. The quantitative estimate of drug-likeness (QED) is 0.830. The van der Waals surface area contributed by atoms with E-state index in [2.05, 4.69) is 61.3 Å². The third-order valence-electron chi connectivity index (χ3n) is 3.36. The summed E-state index contributed by atoms with van der Waals surface area (Å²) in [6.45, 7) is 4.05. The lowest BCUT2D eigenvalue weighted by Crippen LogP contribution is -2.21. The molecule has 0 amide bonds. The van der Waals surface area contributed by atoms with E-state index in [0.717, 1.165) is 25.2 Å². The van der Waals surface area contributed by atoms with Crippen LogP contribution in [-0.2, 0) is 13.0 Å². The number of aryl methyl sites for hydroxylation is 1. The molecule has 0 bridgehead atoms. The molecule has 0 aliphatic rings. The summed E-state index contributed by atoms with van der Waals surface area (Å²) in [7, 11) is 2.14. The van der Waals surface area contributed by atoms with E-state index in [4.69, 9.17) is 5.73 Å². The molecule has 2 nitrogen and oxygen atoms in total. The van der Waals surface area contributed by atoms with Gasteiger partial charge in [0.1, 0.15) is 0 Å². The second-order valence-corrected chi connectivity index (χ2v) is 5.18. The fraction of sp³-hybridized carbons (Fsp3) is 0.294. The fourth-order valence-electron chi connectivity index (χ4n) is 2.21. The maximum atomic E-state index is 6.02. The third-order valence-corrected chi connectivity index (χ3v) is 3.36. The van der Waals surface area contributed by atoms with Gasteiger partial charge in [-0.25, -0.2) is 0 Å². The number of nitrogens with zero attached hydrogens (tertiary/aromatic N) is 1. The van der Waals surface area contributed by atoms with Crippen molar-refractivity contribution < 1.29 is 0 Å². The maximum Gasteiger partial charge on any atom is 0.0359 e. The zero-order valence-electron chi connectivity index (χ0n) is 11.8. The molecule has 0 saturated heterocycles. The van der Waals surface area contributed by atoms with Crippen LogP contribution in [-0.4, -0.2) is 18.5 Å². The lowest BCUT2D eigenvalue weighted by molar-refractivity contribution is 0.331. The number of benzene rings is 2. The highest BCUT2D eigenvalue weighted by Crippen LogP contribution is 2.15. The van der Waals surface area contributed by atoms with Crippen LogP contribution in [0.5, 0.6) is 0 Å². The summed E-state index contributed by atoms with van der Waals surface area (Å²) < 4.78 is 0. The van der Waals surface area contributed by atoms with Crippen molar-refractivity contribution in [2.75, 3.05) is 19.3 Å². The molecule has 2 rings (SSSR count). The topological polar surface area (TPSA) is 29.3 Å². The van der Waals surface area contributed by atoms with Crippen molar-refractivity contribution >= 4 is 5.69 Å². The maximum absolute atomic E-state index is 6.02. The molecule has 19 heavy (non-hydrogen) atoms. The van der Waals surface area contributed by atoms with Crippen molar-refractivity contribution in [2.45, 2.75) is 19.9 Å². The van der Waals surface area contributed by atoms with Crippen LogP contribution in [0.15, 0.2) is 48.5 Å². The Morgan fingerprint density at radius 2 is 1.79 bits per heavy atom. The summed E-state index contributed by atoms with van der Waals surface area (Å²) in [5.41, 5.74) is 10.8. The van der Waals surface area contributed by atoms with E-state index in [1.807, 2.05) is 6.07 Å². The zero-order valence-corrected chi connectivity index (χ0v) is 11.8. The Morgan fingerprint density at radius 1 is 1.05 bits per heavy atom. The molecule has 0 spiro atoms. The van der Waals surface area contributed by atoms with Crippen LogP contribution in [0.25, 0.3) is 0 Å². The van der Waals surface area contributed by atoms with Crippen LogP contribution in [0.1, 0.15) is 16.7 Å². The Bertz CT molecular complexity index is 520. The third kappa shape index (κ3) is 4.11. The molecule has 0 saturated carbocycles. The predicted molar refractivity (Wildman–Crippen MR) is 82.1 cm³/mol. The smallest absolute Gasteiger partial charge is 0.0359 e. The number of anilines is 1. The highest BCUT2D eigenvalue weighted by molar-refractivity contribution is 5.48. The second-order valence-electron chi connectivity index (χ2n) is 5.18. The average molecular weight is 254 g/mol. The minimum absolute atomic E-state index is 0.886. The molecule has 0 aromatic heterocycles. The average Bonchev–Trinajstić information content (AvgIpc) is 2.42. The first kappa shape index (κ1) is 13.6. The number of hydrogen-bond acceptors (Lipinski definition) is 2. The van der Waals surface area contributed by atoms with E-state index in [0.29, 0.717) is 0 Å². The zero-order chi connectivity index (χ0) is 13.7. The van der Waals surface area contributed by atoms with Crippen LogP contribution in [0, 0.1) is 6.92 Å². The first-order valence-corrected chi connectivity index (χ1v) is 6.72. The summed E-state index contributed by atoms with van der Waals surface area (Å²) in [5, 5.41) is 0. The summed E-state index contributed by atoms with van der Waals surface area (Å²) in [6.07, 6.45) is 1.07. The lowest BCUT2D eigenvalue weighted by atomic mass is 10.1. The van der Waals surface area contributed by atoms with Crippen molar-refractivity contribution in [1.82, 2.24) is 4.90 Å². The van der Waals surface area contributed by atoms with Gasteiger partial charge in [-0.3, -0.25) is 0 Å². The van der Waals surface area contributed by atoms with Gasteiger partial charge in [-0.15, -0.1) is 0 Å². The standard InChI is InChI=1S/C17H22N2/c1-14-8-9-17(18)16(12-14)13-19(2)11-10-15-6-4-3-5-7-15/h3-9,12H,10-11,13,18H2,1-2H3. The molecule has 2 heteroatoms. The largest absolute Gasteiger partial charge is 0.398 e. The van der Waals surface area contributed by atoms with E-state index < -0.39 is 0 Å². The number of nitrogens with two attached hydrogens (primary N) is 1. The van der Waals surface area contributed by atoms with Crippen molar-refractivity contribution in [3.63, 3.8) is 0 Å². The second kappa shape index (κ2) is 6.39. The van der Waals surface area contributed by atoms with Gasteiger partial charge in [-0.05, 0) is 37.6 Å². The minimum Gasteiger partial charge on any atom is -0.398 e. The van der Waals surface area contributed by atoms with Gasteiger partial charge in [0.25, 0.3) is 0 Å². The van der Waals surface area contributed by atoms with E-state index in [1.54, 1.807) is 0 Å². The van der Waals surface area contributed by atoms with Gasteiger partial charge in [0.15, 0.2) is 0 Å². The summed E-state index contributed by atoms with van der Waals surface area (Å²) in [6, 6.07) is 16.8. The Balaban J connectivity index is 1.90. The van der Waals surface area contributed by atoms with Gasteiger partial charge in [0.05, 0.1) is 0 Å². The molecule has 0 unspecified atom stereocenters. The molecule has 0 fully saturated rings. The summed E-state index contributed by atoms with van der Waals surface area (Å²) in [4.78, 5) is 2.32. The minimum atomic E-state index is 0.886. The van der Waals surface area contributed by atoms with E-state index in [1.165, 1.54) is 16.7 Å². The van der Waals surface area contributed by atoms with Crippen molar-refractivity contribution in [1.29, 1.82) is 0 Å². The fourth-order valence-corrected chi connectivity index (χ4v) is 2.21. The summed E-state index contributed by atoms with van der Waals surface area (Å²) >= 11 is 0. The molecule has 2 aromatic carbocycles. The van der Waals surface area contributed by atoms with Gasteiger partial charge in [-0.2, -0.15) is 0 Å². The Hall–Kier alpha value is -1.80. The van der Waals surface area contributed by atoms with E-state index in [-0.39, 0.29) is 0 Å². The highest BCUT2D eigenvalue weighted by atomic mass is 15.1. The molecule has 0 aliphatic carbocycles. The monoisotopic (exact) mass is 254 g/mol. The molecule has 0 aliphatic heterocycles. The molecule has 2 aromatic rings. The Kier molecular flexibility index (Phi) is 4.58. The number of hydrogen-bond donors (Lipinski definition) is 1. The van der Waals surface area contributed by atoms with Gasteiger partial charge >= 0.3 is 0 Å². The van der Waals surface area contributed by atoms with Crippen molar-refractivity contribution in [3.8, 4) is 0 Å². The molecule has 0 atom stereocenters. The van der Waals surface area contributed by atoms with E-state index in [9.17, 15) is 0 Å². The van der Waals surface area contributed by atoms with Crippen LogP contribution < -0.4 is 5.73 Å². The number of likely N-dealkylation sites (N-methyl/N-ethyl adjacent to an activating group) is 1. The van der Waals surface area contributed by atoms with Crippen LogP contribution in [0.2, 0.25) is 0 Å². The highest BCUT2D eigenvalue weighted by Gasteiger charge is 2.04. The molecule has 2 N–H and O–H groups in total. The molecule has 100 valence electrons. The Morgan fingerprint density at radius 3 is 2.53 bits per heavy atom. The SMILES string of the molecule is Cc1ccc(N)c(CN(C)CCc2ccccc2)c1. The van der Waals surface area contributed by atoms with Crippen molar-refractivity contribution in [2.24, 2.45) is 0 Å². The molecular weight excluding hydrogens is 232 g/mol. The molecule has 0 heterocycles. The van der Waals surface area contributed by atoms with E-state index >= 15 is 0 Å². The Labute approximate surface area is 115 Å². The number of rotatable bonds is 5. The first-order valence-electron chi connectivity index (χ1n) is 6.72. The molecular formula is C17H22N2. The lowest BCUT2D eigenvalue weighted by Gasteiger charge is -2.18. The number of nitrogen functional groups attached to an aromatic ring is 1. The van der Waals surface area contributed by atoms with Crippen LogP contribution >= 0.6 is 0 Å². The predicted octanol–water partition coefficient (Wildman–Crippen LogP) is 3.25. The van der Waals surface area contributed by atoms with Crippen molar-refractivity contribution in [3.05, 3.63) is 65.2 Å². The van der Waals surface area contributed by atoms with Gasteiger partial charge in [0, 0.05) is 18.8 Å².